The fraction of sp³-hybridized carbons (Fsp3) is 0.143. The SMILES string of the molecule is Cc1nnc2c(NC(=O)O)cc(Cl)nn12. The Morgan fingerprint density at radius 3 is 3.00 bits per heavy atom. The van der Waals surface area contributed by atoms with Crippen LogP contribution in [0.3, 0.4) is 0 Å². The minimum atomic E-state index is -1.19. The molecule has 15 heavy (non-hydrogen) atoms. The maximum atomic E-state index is 10.5. The van der Waals surface area contributed by atoms with Gasteiger partial charge in [-0.3, -0.25) is 5.32 Å². The lowest BCUT2D eigenvalue weighted by molar-refractivity contribution is 0.210. The summed E-state index contributed by atoms with van der Waals surface area (Å²) in [4.78, 5) is 10.5. The van der Waals surface area contributed by atoms with Crippen LogP contribution in [0.5, 0.6) is 0 Å². The molecule has 0 saturated heterocycles. The average molecular weight is 228 g/mol. The van der Waals surface area contributed by atoms with Crippen LogP contribution in [0.25, 0.3) is 5.65 Å². The molecule has 0 unspecified atom stereocenters. The highest BCUT2D eigenvalue weighted by molar-refractivity contribution is 6.29. The number of rotatable bonds is 1. The van der Waals surface area contributed by atoms with Gasteiger partial charge in [0.25, 0.3) is 0 Å². The largest absolute Gasteiger partial charge is 0.465 e. The van der Waals surface area contributed by atoms with Crippen molar-refractivity contribution < 1.29 is 9.90 Å². The first-order chi connectivity index (χ1) is 7.08. The lowest BCUT2D eigenvalue weighted by Crippen LogP contribution is -2.09. The van der Waals surface area contributed by atoms with Gasteiger partial charge in [0.15, 0.2) is 11.0 Å². The first-order valence-corrected chi connectivity index (χ1v) is 4.34. The summed E-state index contributed by atoms with van der Waals surface area (Å²) in [6.07, 6.45) is -1.19. The monoisotopic (exact) mass is 227 g/mol. The third-order valence-corrected chi connectivity index (χ3v) is 1.92. The Labute approximate surface area is 88.7 Å². The third kappa shape index (κ3) is 1.68. The minimum Gasteiger partial charge on any atom is -0.465 e. The predicted octanol–water partition coefficient (Wildman–Crippen LogP) is 1.18. The van der Waals surface area contributed by atoms with E-state index >= 15 is 0 Å². The molecule has 2 aromatic heterocycles. The molecule has 0 saturated carbocycles. The number of anilines is 1. The summed E-state index contributed by atoms with van der Waals surface area (Å²) in [5.41, 5.74) is 0.572. The van der Waals surface area contributed by atoms with Crippen molar-refractivity contribution in [2.75, 3.05) is 5.32 Å². The Hall–Kier alpha value is -1.89. The molecule has 0 atom stereocenters. The number of aromatic nitrogens is 4. The molecule has 0 bridgehead atoms. The molecule has 1 amide bonds. The molecule has 2 N–H and O–H groups in total. The maximum absolute atomic E-state index is 10.5. The molecule has 0 aliphatic carbocycles. The standard InChI is InChI=1S/C7H6ClN5O2/c1-3-10-11-6-4(9-7(14)15)2-5(8)12-13(3)6/h2,9H,1H3,(H,14,15). The van der Waals surface area contributed by atoms with Gasteiger partial charge in [0.1, 0.15) is 0 Å². The van der Waals surface area contributed by atoms with E-state index in [0.29, 0.717) is 11.5 Å². The van der Waals surface area contributed by atoms with Crippen LogP contribution >= 0.6 is 11.6 Å². The molecule has 8 heteroatoms. The van der Waals surface area contributed by atoms with E-state index in [1.54, 1.807) is 6.92 Å². The van der Waals surface area contributed by atoms with E-state index in [0.717, 1.165) is 0 Å². The van der Waals surface area contributed by atoms with Crippen molar-refractivity contribution in [1.82, 2.24) is 19.8 Å². The molecule has 7 nitrogen and oxygen atoms in total. The van der Waals surface area contributed by atoms with E-state index in [1.807, 2.05) is 0 Å². The molecular weight excluding hydrogens is 222 g/mol. The molecule has 2 rings (SSSR count). The first kappa shape index (κ1) is 9.66. The summed E-state index contributed by atoms with van der Waals surface area (Å²) in [5.74, 6) is 0.529. The lowest BCUT2D eigenvalue weighted by atomic mass is 10.4. The van der Waals surface area contributed by atoms with Crippen molar-refractivity contribution in [2.24, 2.45) is 0 Å². The summed E-state index contributed by atoms with van der Waals surface area (Å²) in [5, 5.41) is 22.4. The van der Waals surface area contributed by atoms with Gasteiger partial charge in [-0.15, -0.1) is 10.2 Å². The number of carbonyl (C=O) groups is 1. The van der Waals surface area contributed by atoms with Crippen LogP contribution in [0.15, 0.2) is 6.07 Å². The minimum absolute atomic E-state index is 0.161. The Balaban J connectivity index is 2.66. The smallest absolute Gasteiger partial charge is 0.409 e. The highest BCUT2D eigenvalue weighted by atomic mass is 35.5. The second-order valence-corrected chi connectivity index (χ2v) is 3.18. The van der Waals surface area contributed by atoms with Gasteiger partial charge in [-0.05, 0) is 6.92 Å². The van der Waals surface area contributed by atoms with Crippen molar-refractivity contribution in [1.29, 1.82) is 0 Å². The Kier molecular flexibility index (Phi) is 2.16. The molecule has 2 aromatic rings. The second kappa shape index (κ2) is 3.35. The van der Waals surface area contributed by atoms with Crippen molar-refractivity contribution in [2.45, 2.75) is 6.92 Å². The van der Waals surface area contributed by atoms with Crippen LogP contribution < -0.4 is 5.32 Å². The van der Waals surface area contributed by atoms with Crippen LogP contribution in [-0.2, 0) is 0 Å². The quantitative estimate of drug-likeness (QED) is 0.763. The zero-order valence-corrected chi connectivity index (χ0v) is 8.36. The topological polar surface area (TPSA) is 92.4 Å². The van der Waals surface area contributed by atoms with E-state index in [2.05, 4.69) is 20.6 Å². The van der Waals surface area contributed by atoms with E-state index in [-0.39, 0.29) is 10.8 Å². The Morgan fingerprint density at radius 1 is 1.60 bits per heavy atom. The van der Waals surface area contributed by atoms with Crippen molar-refractivity contribution in [3.05, 3.63) is 17.0 Å². The number of amides is 1. The van der Waals surface area contributed by atoms with Crippen LogP contribution in [0, 0.1) is 6.92 Å². The normalized spacial score (nSPS) is 10.5. The highest BCUT2D eigenvalue weighted by Gasteiger charge is 2.11. The predicted molar refractivity (Wildman–Crippen MR) is 52.2 cm³/mol. The lowest BCUT2D eigenvalue weighted by Gasteiger charge is -2.02. The number of carboxylic acid groups (broad SMARTS) is 1. The maximum Gasteiger partial charge on any atom is 0.409 e. The molecule has 0 radical (unpaired) electrons. The van der Waals surface area contributed by atoms with Crippen molar-refractivity contribution >= 4 is 29.0 Å². The molecule has 0 aromatic carbocycles. The van der Waals surface area contributed by atoms with E-state index in [9.17, 15) is 4.79 Å². The zero-order chi connectivity index (χ0) is 11.0. The van der Waals surface area contributed by atoms with Crippen LogP contribution in [0.4, 0.5) is 10.5 Å². The number of nitrogens with zero attached hydrogens (tertiary/aromatic N) is 4. The van der Waals surface area contributed by atoms with Gasteiger partial charge in [0.05, 0.1) is 5.69 Å². The number of hydrogen-bond donors (Lipinski definition) is 2. The number of fused-ring (bicyclic) bond motifs is 1. The van der Waals surface area contributed by atoms with Crippen molar-refractivity contribution in [3.63, 3.8) is 0 Å². The van der Waals surface area contributed by atoms with Gasteiger partial charge in [0.2, 0.25) is 5.65 Å². The van der Waals surface area contributed by atoms with Crippen LogP contribution in [-0.4, -0.2) is 31.0 Å². The van der Waals surface area contributed by atoms with Gasteiger partial charge >= 0.3 is 6.09 Å². The van der Waals surface area contributed by atoms with Gasteiger partial charge < -0.3 is 5.11 Å². The molecule has 78 valence electrons. The first-order valence-electron chi connectivity index (χ1n) is 3.96. The van der Waals surface area contributed by atoms with Gasteiger partial charge in [-0.25, -0.2) is 4.79 Å². The molecule has 2 heterocycles. The number of nitrogens with one attached hydrogen (secondary N) is 1. The number of aryl methyl sites for hydroxylation is 1. The molecule has 0 fully saturated rings. The summed E-state index contributed by atoms with van der Waals surface area (Å²) in [6.45, 7) is 1.69. The Bertz CT molecular complexity index is 537. The van der Waals surface area contributed by atoms with E-state index < -0.39 is 6.09 Å². The fourth-order valence-electron chi connectivity index (χ4n) is 1.16. The third-order valence-electron chi connectivity index (χ3n) is 1.74. The van der Waals surface area contributed by atoms with Gasteiger partial charge in [0, 0.05) is 6.07 Å². The summed E-state index contributed by atoms with van der Waals surface area (Å²) >= 11 is 5.72. The Morgan fingerprint density at radius 2 is 2.33 bits per heavy atom. The number of halogens is 1. The summed E-state index contributed by atoms with van der Waals surface area (Å²) < 4.78 is 1.37. The molecule has 0 spiro atoms. The zero-order valence-electron chi connectivity index (χ0n) is 7.60. The van der Waals surface area contributed by atoms with Gasteiger partial charge in [-0.1, -0.05) is 11.6 Å². The average Bonchev–Trinajstić information content (AvgIpc) is 2.47. The molecule has 0 aliphatic heterocycles. The highest BCUT2D eigenvalue weighted by Crippen LogP contribution is 2.18. The second-order valence-electron chi connectivity index (χ2n) is 2.79. The summed E-state index contributed by atoms with van der Waals surface area (Å²) in [7, 11) is 0. The molecular formula is C7H6ClN5O2. The van der Waals surface area contributed by atoms with E-state index in [4.69, 9.17) is 16.7 Å². The van der Waals surface area contributed by atoms with Crippen LogP contribution in [0.2, 0.25) is 5.15 Å². The van der Waals surface area contributed by atoms with Crippen molar-refractivity contribution in [3.8, 4) is 0 Å². The fourth-order valence-corrected chi connectivity index (χ4v) is 1.35. The van der Waals surface area contributed by atoms with Crippen LogP contribution in [0.1, 0.15) is 5.82 Å². The number of hydrogen-bond acceptors (Lipinski definition) is 4. The summed E-state index contributed by atoms with van der Waals surface area (Å²) in [6, 6.07) is 1.37. The van der Waals surface area contributed by atoms with E-state index in [1.165, 1.54) is 10.6 Å². The van der Waals surface area contributed by atoms with Gasteiger partial charge in [-0.2, -0.15) is 9.61 Å². The molecule has 0 aliphatic rings.